The lowest BCUT2D eigenvalue weighted by Gasteiger charge is -2.18. The molecule has 4 nitrogen and oxygen atoms in total. The third-order valence-corrected chi connectivity index (χ3v) is 3.53. The minimum absolute atomic E-state index is 0.0369. The summed E-state index contributed by atoms with van der Waals surface area (Å²) in [7, 11) is 1.70. The van der Waals surface area contributed by atoms with Crippen molar-refractivity contribution in [3.8, 4) is 0 Å². The van der Waals surface area contributed by atoms with Crippen LogP contribution in [0.3, 0.4) is 0 Å². The van der Waals surface area contributed by atoms with E-state index in [0.29, 0.717) is 23.8 Å². The number of carbonyl (C=O) groups excluding carboxylic acids is 1. The highest BCUT2D eigenvalue weighted by Gasteiger charge is 2.27. The Morgan fingerprint density at radius 3 is 3.06 bits per heavy atom. The van der Waals surface area contributed by atoms with E-state index in [2.05, 4.69) is 0 Å². The van der Waals surface area contributed by atoms with Gasteiger partial charge in [-0.1, -0.05) is 12.1 Å². The zero-order valence-corrected chi connectivity index (χ0v) is 11.0. The fourth-order valence-corrected chi connectivity index (χ4v) is 2.43. The first kappa shape index (κ1) is 12.9. The van der Waals surface area contributed by atoms with E-state index in [-0.39, 0.29) is 5.91 Å². The third-order valence-electron chi connectivity index (χ3n) is 3.53. The van der Waals surface area contributed by atoms with Crippen LogP contribution in [0.5, 0.6) is 0 Å². The summed E-state index contributed by atoms with van der Waals surface area (Å²) in [5.41, 5.74) is 8.14. The quantitative estimate of drug-likeness (QED) is 0.828. The van der Waals surface area contributed by atoms with E-state index in [1.54, 1.807) is 13.2 Å². The SMILES string of the molecule is COCC1CCN(C(=O)c2cccc(C)c2N)C1. The van der Waals surface area contributed by atoms with Gasteiger partial charge in [-0.25, -0.2) is 0 Å². The van der Waals surface area contributed by atoms with Gasteiger partial charge in [-0.3, -0.25) is 4.79 Å². The number of para-hydroxylation sites is 1. The molecule has 0 spiro atoms. The molecule has 1 atom stereocenters. The first-order valence-corrected chi connectivity index (χ1v) is 6.26. The number of ether oxygens (including phenoxy) is 1. The Kier molecular flexibility index (Phi) is 3.87. The van der Waals surface area contributed by atoms with Gasteiger partial charge in [-0.05, 0) is 25.0 Å². The van der Waals surface area contributed by atoms with E-state index >= 15 is 0 Å². The molecule has 0 radical (unpaired) electrons. The van der Waals surface area contributed by atoms with Gasteiger partial charge in [0.2, 0.25) is 0 Å². The minimum Gasteiger partial charge on any atom is -0.398 e. The van der Waals surface area contributed by atoms with E-state index < -0.39 is 0 Å². The van der Waals surface area contributed by atoms with Crippen molar-refractivity contribution in [1.29, 1.82) is 0 Å². The van der Waals surface area contributed by atoms with Crippen LogP contribution < -0.4 is 5.73 Å². The molecule has 1 heterocycles. The summed E-state index contributed by atoms with van der Waals surface area (Å²) in [4.78, 5) is 14.2. The number of carbonyl (C=O) groups is 1. The summed E-state index contributed by atoms with van der Waals surface area (Å²) in [6, 6.07) is 5.60. The van der Waals surface area contributed by atoms with Crippen molar-refractivity contribution in [1.82, 2.24) is 4.90 Å². The lowest BCUT2D eigenvalue weighted by Crippen LogP contribution is -2.30. The number of hydrogen-bond acceptors (Lipinski definition) is 3. The molecule has 1 aromatic carbocycles. The van der Waals surface area contributed by atoms with Gasteiger partial charge in [0.05, 0.1) is 12.2 Å². The van der Waals surface area contributed by atoms with Crippen LogP contribution >= 0.6 is 0 Å². The van der Waals surface area contributed by atoms with Crippen LogP contribution in [0.25, 0.3) is 0 Å². The molecular formula is C14H20N2O2. The van der Waals surface area contributed by atoms with Gasteiger partial charge in [0.25, 0.3) is 5.91 Å². The van der Waals surface area contributed by atoms with Crippen LogP contribution in [0.4, 0.5) is 5.69 Å². The highest BCUT2D eigenvalue weighted by atomic mass is 16.5. The standard InChI is InChI=1S/C14H20N2O2/c1-10-4-3-5-12(13(10)15)14(17)16-7-6-11(8-16)9-18-2/h3-5,11H,6-9,15H2,1-2H3. The smallest absolute Gasteiger partial charge is 0.255 e. The molecule has 1 saturated heterocycles. The number of amides is 1. The van der Waals surface area contributed by atoms with Crippen molar-refractivity contribution in [2.24, 2.45) is 5.92 Å². The number of rotatable bonds is 3. The zero-order valence-electron chi connectivity index (χ0n) is 11.0. The summed E-state index contributed by atoms with van der Waals surface area (Å²) in [5.74, 6) is 0.486. The maximum absolute atomic E-state index is 12.4. The average molecular weight is 248 g/mol. The molecule has 0 saturated carbocycles. The van der Waals surface area contributed by atoms with Crippen molar-refractivity contribution in [3.63, 3.8) is 0 Å². The summed E-state index contributed by atoms with van der Waals surface area (Å²) in [5, 5.41) is 0. The van der Waals surface area contributed by atoms with Crippen LogP contribution in [0, 0.1) is 12.8 Å². The number of benzene rings is 1. The Balaban J connectivity index is 2.11. The molecule has 1 aromatic rings. The van der Waals surface area contributed by atoms with Crippen LogP contribution in [0.2, 0.25) is 0 Å². The number of likely N-dealkylation sites (tertiary alicyclic amines) is 1. The molecule has 2 N–H and O–H groups in total. The normalized spacial score (nSPS) is 19.2. The molecule has 0 aromatic heterocycles. The first-order valence-electron chi connectivity index (χ1n) is 6.26. The van der Waals surface area contributed by atoms with Crippen molar-refractivity contribution in [2.75, 3.05) is 32.5 Å². The summed E-state index contributed by atoms with van der Waals surface area (Å²) in [6.07, 6.45) is 1.01. The predicted octanol–water partition coefficient (Wildman–Crippen LogP) is 1.69. The Morgan fingerprint density at radius 1 is 1.56 bits per heavy atom. The van der Waals surface area contributed by atoms with Gasteiger partial charge in [0, 0.05) is 31.8 Å². The Hall–Kier alpha value is -1.55. The predicted molar refractivity (Wildman–Crippen MR) is 71.5 cm³/mol. The van der Waals surface area contributed by atoms with E-state index in [9.17, 15) is 4.79 Å². The molecule has 2 rings (SSSR count). The Bertz CT molecular complexity index is 445. The highest BCUT2D eigenvalue weighted by Crippen LogP contribution is 2.23. The largest absolute Gasteiger partial charge is 0.398 e. The second kappa shape index (κ2) is 5.40. The summed E-state index contributed by atoms with van der Waals surface area (Å²) < 4.78 is 5.14. The lowest BCUT2D eigenvalue weighted by atomic mass is 10.1. The molecule has 1 fully saturated rings. The van der Waals surface area contributed by atoms with Crippen molar-refractivity contribution in [3.05, 3.63) is 29.3 Å². The van der Waals surface area contributed by atoms with Crippen LogP contribution in [-0.2, 0) is 4.74 Å². The molecule has 0 aliphatic carbocycles. The molecular weight excluding hydrogens is 228 g/mol. The van der Waals surface area contributed by atoms with Gasteiger partial charge < -0.3 is 15.4 Å². The second-order valence-electron chi connectivity index (χ2n) is 4.90. The molecule has 18 heavy (non-hydrogen) atoms. The van der Waals surface area contributed by atoms with E-state index in [1.165, 1.54) is 0 Å². The molecule has 98 valence electrons. The van der Waals surface area contributed by atoms with E-state index in [0.717, 1.165) is 25.1 Å². The van der Waals surface area contributed by atoms with Gasteiger partial charge in [-0.2, -0.15) is 0 Å². The monoisotopic (exact) mass is 248 g/mol. The second-order valence-corrected chi connectivity index (χ2v) is 4.90. The van der Waals surface area contributed by atoms with Crippen LogP contribution in [0.15, 0.2) is 18.2 Å². The molecule has 0 bridgehead atoms. The number of nitrogens with two attached hydrogens (primary N) is 1. The molecule has 1 aliphatic heterocycles. The summed E-state index contributed by atoms with van der Waals surface area (Å²) >= 11 is 0. The van der Waals surface area contributed by atoms with Crippen LogP contribution in [0.1, 0.15) is 22.3 Å². The maximum Gasteiger partial charge on any atom is 0.255 e. The lowest BCUT2D eigenvalue weighted by molar-refractivity contribution is 0.0776. The fourth-order valence-electron chi connectivity index (χ4n) is 2.43. The molecule has 1 unspecified atom stereocenters. The van der Waals surface area contributed by atoms with Crippen molar-refractivity contribution >= 4 is 11.6 Å². The third kappa shape index (κ3) is 2.48. The van der Waals surface area contributed by atoms with Crippen LogP contribution in [-0.4, -0.2) is 37.6 Å². The molecule has 4 heteroatoms. The maximum atomic E-state index is 12.4. The van der Waals surface area contributed by atoms with E-state index in [1.807, 2.05) is 24.0 Å². The number of methoxy groups -OCH3 is 1. The fraction of sp³-hybridized carbons (Fsp3) is 0.500. The molecule has 1 aliphatic rings. The van der Waals surface area contributed by atoms with Crippen molar-refractivity contribution in [2.45, 2.75) is 13.3 Å². The van der Waals surface area contributed by atoms with Gasteiger partial charge in [0.1, 0.15) is 0 Å². The number of anilines is 1. The van der Waals surface area contributed by atoms with Crippen molar-refractivity contribution < 1.29 is 9.53 Å². The Labute approximate surface area is 108 Å². The first-order chi connectivity index (χ1) is 8.63. The number of hydrogen-bond donors (Lipinski definition) is 1. The van der Waals surface area contributed by atoms with Gasteiger partial charge in [-0.15, -0.1) is 0 Å². The highest BCUT2D eigenvalue weighted by molar-refractivity contribution is 5.99. The Morgan fingerprint density at radius 2 is 2.33 bits per heavy atom. The number of nitrogen functional groups attached to an aromatic ring is 1. The molecule has 1 amide bonds. The average Bonchev–Trinajstić information content (AvgIpc) is 2.81. The zero-order chi connectivity index (χ0) is 13.1. The minimum atomic E-state index is 0.0369. The number of nitrogens with zero attached hydrogens (tertiary/aromatic N) is 1. The summed E-state index contributed by atoms with van der Waals surface area (Å²) in [6.45, 7) is 4.19. The number of aryl methyl sites for hydroxylation is 1. The van der Waals surface area contributed by atoms with E-state index in [4.69, 9.17) is 10.5 Å². The van der Waals surface area contributed by atoms with Gasteiger partial charge in [0.15, 0.2) is 0 Å². The topological polar surface area (TPSA) is 55.6 Å². The van der Waals surface area contributed by atoms with Gasteiger partial charge >= 0.3 is 0 Å².